The average molecular weight is 253 g/mol. The molecule has 92 valence electrons. The molecule has 1 heterocycles. The van der Waals surface area contributed by atoms with Crippen LogP contribution in [-0.2, 0) is 16.1 Å². The molecule has 1 aliphatic rings. The van der Waals surface area contributed by atoms with E-state index in [2.05, 4.69) is 0 Å². The zero-order chi connectivity index (χ0) is 12.6. The van der Waals surface area contributed by atoms with Crippen molar-refractivity contribution < 1.29 is 14.7 Å². The van der Waals surface area contributed by atoms with Gasteiger partial charge in [0, 0.05) is 16.8 Å². The zero-order valence-corrected chi connectivity index (χ0v) is 10.7. The number of hydrogen-bond acceptors (Lipinski definition) is 3. The number of thiophene rings is 1. The number of carboxylic acid groups (broad SMARTS) is 1. The molecule has 1 aromatic rings. The van der Waals surface area contributed by atoms with Crippen LogP contribution in [0.2, 0.25) is 0 Å². The monoisotopic (exact) mass is 253 g/mol. The van der Waals surface area contributed by atoms with Crippen LogP contribution in [0, 0.1) is 18.8 Å². The molecule has 1 N–H and O–H groups in total. The number of aryl methyl sites for hydroxylation is 1. The molecule has 2 rings (SSSR count). The van der Waals surface area contributed by atoms with Gasteiger partial charge in [-0.05, 0) is 25.5 Å². The van der Waals surface area contributed by atoms with Crippen molar-refractivity contribution in [3.8, 4) is 0 Å². The van der Waals surface area contributed by atoms with Crippen LogP contribution in [0.5, 0.6) is 0 Å². The summed E-state index contributed by atoms with van der Waals surface area (Å²) in [6.45, 7) is 2.59. The number of amides is 1. The number of aliphatic carboxylic acids is 1. The van der Waals surface area contributed by atoms with Gasteiger partial charge in [-0.3, -0.25) is 9.59 Å². The number of carbonyl (C=O) groups excluding carboxylic acids is 1. The molecule has 1 aliphatic carbocycles. The van der Waals surface area contributed by atoms with Gasteiger partial charge >= 0.3 is 5.97 Å². The normalized spacial score (nSPS) is 22.2. The largest absolute Gasteiger partial charge is 0.481 e. The Hall–Kier alpha value is -1.36. The summed E-state index contributed by atoms with van der Waals surface area (Å²) in [5, 5.41) is 8.78. The van der Waals surface area contributed by atoms with E-state index in [0.29, 0.717) is 13.0 Å². The molecule has 2 unspecified atom stereocenters. The third-order valence-electron chi connectivity index (χ3n) is 2.99. The van der Waals surface area contributed by atoms with Gasteiger partial charge in [-0.25, -0.2) is 0 Å². The number of hydrogen-bond donors (Lipinski definition) is 1. The van der Waals surface area contributed by atoms with Gasteiger partial charge in [0.2, 0.25) is 5.91 Å². The molecule has 4 nitrogen and oxygen atoms in total. The van der Waals surface area contributed by atoms with E-state index in [1.807, 2.05) is 19.1 Å². The van der Waals surface area contributed by atoms with Gasteiger partial charge in [-0.15, -0.1) is 11.3 Å². The van der Waals surface area contributed by atoms with Gasteiger partial charge in [0.25, 0.3) is 0 Å². The lowest BCUT2D eigenvalue weighted by molar-refractivity contribution is -0.141. The lowest BCUT2D eigenvalue weighted by Crippen LogP contribution is -2.28. The minimum Gasteiger partial charge on any atom is -0.481 e. The highest BCUT2D eigenvalue weighted by Crippen LogP contribution is 2.40. The van der Waals surface area contributed by atoms with Crippen LogP contribution in [0.25, 0.3) is 0 Å². The third kappa shape index (κ3) is 2.66. The predicted octanol–water partition coefficient (Wildman–Crippen LogP) is 1.74. The van der Waals surface area contributed by atoms with Crippen molar-refractivity contribution in [3.63, 3.8) is 0 Å². The van der Waals surface area contributed by atoms with Gasteiger partial charge in [-0.1, -0.05) is 0 Å². The number of carboxylic acids is 1. The molecule has 1 amide bonds. The van der Waals surface area contributed by atoms with Crippen LogP contribution in [0.1, 0.15) is 16.2 Å². The molecule has 0 aromatic carbocycles. The Morgan fingerprint density at radius 2 is 2.18 bits per heavy atom. The molecule has 17 heavy (non-hydrogen) atoms. The number of rotatable bonds is 4. The van der Waals surface area contributed by atoms with Crippen molar-refractivity contribution in [2.75, 3.05) is 7.05 Å². The summed E-state index contributed by atoms with van der Waals surface area (Å²) in [5.41, 5.74) is 0. The first-order chi connectivity index (χ1) is 7.99. The van der Waals surface area contributed by atoms with Crippen LogP contribution in [0.15, 0.2) is 12.1 Å². The Labute approximate surface area is 104 Å². The van der Waals surface area contributed by atoms with E-state index in [4.69, 9.17) is 5.11 Å². The molecule has 5 heteroatoms. The van der Waals surface area contributed by atoms with Crippen molar-refractivity contribution in [1.82, 2.24) is 4.90 Å². The molecule has 0 aliphatic heterocycles. The van der Waals surface area contributed by atoms with Gasteiger partial charge in [-0.2, -0.15) is 0 Å². The lowest BCUT2D eigenvalue weighted by Gasteiger charge is -2.15. The van der Waals surface area contributed by atoms with Gasteiger partial charge < -0.3 is 10.0 Å². The Bertz CT molecular complexity index is 454. The van der Waals surface area contributed by atoms with Crippen LogP contribution in [-0.4, -0.2) is 28.9 Å². The first kappa shape index (κ1) is 12.1. The molecule has 0 bridgehead atoms. The molecule has 0 radical (unpaired) electrons. The van der Waals surface area contributed by atoms with E-state index < -0.39 is 11.9 Å². The summed E-state index contributed by atoms with van der Waals surface area (Å²) in [5.74, 6) is -1.68. The summed E-state index contributed by atoms with van der Waals surface area (Å²) in [6, 6.07) is 4.03. The smallest absolute Gasteiger partial charge is 0.307 e. The highest BCUT2D eigenvalue weighted by atomic mass is 32.1. The maximum absolute atomic E-state index is 11.9. The Balaban J connectivity index is 1.91. The van der Waals surface area contributed by atoms with E-state index in [9.17, 15) is 9.59 Å². The fourth-order valence-electron chi connectivity index (χ4n) is 1.91. The number of carbonyl (C=O) groups is 2. The fourth-order valence-corrected chi connectivity index (χ4v) is 2.85. The summed E-state index contributed by atoms with van der Waals surface area (Å²) in [7, 11) is 1.73. The maximum Gasteiger partial charge on any atom is 0.307 e. The Kier molecular flexibility index (Phi) is 3.19. The number of nitrogens with zero attached hydrogens (tertiary/aromatic N) is 1. The van der Waals surface area contributed by atoms with Crippen LogP contribution in [0.4, 0.5) is 0 Å². The van der Waals surface area contributed by atoms with E-state index >= 15 is 0 Å². The van der Waals surface area contributed by atoms with Gasteiger partial charge in [0.1, 0.15) is 0 Å². The molecular formula is C12H15NO3S. The van der Waals surface area contributed by atoms with Crippen LogP contribution < -0.4 is 0 Å². The van der Waals surface area contributed by atoms with Crippen LogP contribution in [0.3, 0.4) is 0 Å². The summed E-state index contributed by atoms with van der Waals surface area (Å²) in [6.07, 6.45) is 0.488. The highest BCUT2D eigenvalue weighted by Gasteiger charge is 2.49. The highest BCUT2D eigenvalue weighted by molar-refractivity contribution is 7.11. The minimum absolute atomic E-state index is 0.0524. The zero-order valence-electron chi connectivity index (χ0n) is 9.84. The molecule has 1 saturated carbocycles. The summed E-state index contributed by atoms with van der Waals surface area (Å²) in [4.78, 5) is 26.6. The SMILES string of the molecule is Cc1ccc(CN(C)C(=O)C2CC2C(=O)O)s1. The average Bonchev–Trinajstić information content (AvgIpc) is 2.96. The summed E-state index contributed by atoms with van der Waals surface area (Å²) >= 11 is 1.66. The second-order valence-corrected chi connectivity index (χ2v) is 5.87. The predicted molar refractivity (Wildman–Crippen MR) is 64.8 cm³/mol. The quantitative estimate of drug-likeness (QED) is 0.889. The second-order valence-electron chi connectivity index (χ2n) is 4.49. The topological polar surface area (TPSA) is 57.6 Å². The van der Waals surface area contributed by atoms with E-state index in [-0.39, 0.29) is 11.8 Å². The molecular weight excluding hydrogens is 238 g/mol. The molecule has 1 fully saturated rings. The first-order valence-corrected chi connectivity index (χ1v) is 6.34. The van der Waals surface area contributed by atoms with Gasteiger partial charge in [0.05, 0.1) is 18.4 Å². The van der Waals surface area contributed by atoms with E-state index in [0.717, 1.165) is 4.88 Å². The molecule has 1 aromatic heterocycles. The first-order valence-electron chi connectivity index (χ1n) is 5.52. The molecule has 2 atom stereocenters. The van der Waals surface area contributed by atoms with Crippen molar-refractivity contribution in [1.29, 1.82) is 0 Å². The van der Waals surface area contributed by atoms with Crippen molar-refractivity contribution in [3.05, 3.63) is 21.9 Å². The Morgan fingerprint density at radius 1 is 1.47 bits per heavy atom. The fraction of sp³-hybridized carbons (Fsp3) is 0.500. The lowest BCUT2D eigenvalue weighted by atomic mass is 10.3. The standard InChI is InChI=1S/C12H15NO3S/c1-7-3-4-8(17-7)6-13(2)11(14)9-5-10(9)12(15)16/h3-4,9-10H,5-6H2,1-2H3,(H,15,16). The molecule has 0 spiro atoms. The van der Waals surface area contributed by atoms with Crippen molar-refractivity contribution in [2.24, 2.45) is 11.8 Å². The summed E-state index contributed by atoms with van der Waals surface area (Å²) < 4.78 is 0. The van der Waals surface area contributed by atoms with Gasteiger partial charge in [0.15, 0.2) is 0 Å². The van der Waals surface area contributed by atoms with Crippen molar-refractivity contribution in [2.45, 2.75) is 19.9 Å². The Morgan fingerprint density at radius 3 is 2.65 bits per heavy atom. The maximum atomic E-state index is 11.9. The third-order valence-corrected chi connectivity index (χ3v) is 3.98. The van der Waals surface area contributed by atoms with E-state index in [1.54, 1.807) is 23.3 Å². The second kappa shape index (κ2) is 4.49. The minimum atomic E-state index is -0.858. The van der Waals surface area contributed by atoms with Crippen molar-refractivity contribution >= 4 is 23.2 Å². The van der Waals surface area contributed by atoms with Crippen LogP contribution >= 0.6 is 11.3 Å². The van der Waals surface area contributed by atoms with E-state index in [1.165, 1.54) is 4.88 Å². The molecule has 0 saturated heterocycles.